The van der Waals surface area contributed by atoms with Crippen LogP contribution in [0.3, 0.4) is 0 Å². The first-order valence-corrected chi connectivity index (χ1v) is 12.1. The maximum atomic E-state index is 13.1. The van der Waals surface area contributed by atoms with Crippen LogP contribution in [-0.4, -0.2) is 26.6 Å². The first kappa shape index (κ1) is 22.7. The van der Waals surface area contributed by atoms with Gasteiger partial charge in [0.05, 0.1) is 10.6 Å². The number of nitrogens with zero attached hydrogens (tertiary/aromatic N) is 1. The van der Waals surface area contributed by atoms with Crippen LogP contribution in [-0.2, 0) is 22.9 Å². The normalized spacial score (nSPS) is 14.7. The summed E-state index contributed by atoms with van der Waals surface area (Å²) < 4.78 is 44.0. The number of aryl methyl sites for hydroxylation is 1. The SMILES string of the molecule is Cc1c(C(=O)NCCc2ccccc2)oc2c1/C(=N/NS(=O)(=O)c1ccc(F)cc1)CCC2. The molecule has 172 valence electrons. The van der Waals surface area contributed by atoms with E-state index in [0.717, 1.165) is 17.7 Å². The predicted molar refractivity (Wildman–Crippen MR) is 122 cm³/mol. The standard InChI is InChI=1S/C24H24FN3O4S/c1-16-22-20(27-28-33(30,31)19-12-10-18(25)11-13-19)8-5-9-21(22)32-23(16)24(29)26-15-14-17-6-3-2-4-7-17/h2-4,6-7,10-13,28H,5,8-9,14-15H2,1H3,(H,26,29)/b27-20+. The fourth-order valence-electron chi connectivity index (χ4n) is 3.82. The van der Waals surface area contributed by atoms with Gasteiger partial charge in [-0.15, -0.1) is 0 Å². The van der Waals surface area contributed by atoms with E-state index in [2.05, 4.69) is 15.2 Å². The summed E-state index contributed by atoms with van der Waals surface area (Å²) in [4.78, 5) is 14.9. The van der Waals surface area contributed by atoms with Crippen LogP contribution < -0.4 is 10.1 Å². The lowest BCUT2D eigenvalue weighted by Crippen LogP contribution is -2.26. The predicted octanol–water partition coefficient (Wildman–Crippen LogP) is 3.72. The number of rotatable bonds is 7. The van der Waals surface area contributed by atoms with Crippen molar-refractivity contribution < 1.29 is 22.0 Å². The maximum absolute atomic E-state index is 13.1. The Balaban J connectivity index is 1.49. The summed E-state index contributed by atoms with van der Waals surface area (Å²) in [5.41, 5.74) is 2.92. The van der Waals surface area contributed by atoms with Gasteiger partial charge in [0.1, 0.15) is 11.6 Å². The number of carbonyl (C=O) groups excluding carboxylic acids is 1. The van der Waals surface area contributed by atoms with E-state index in [-0.39, 0.29) is 16.6 Å². The van der Waals surface area contributed by atoms with Gasteiger partial charge in [-0.05, 0) is 56.0 Å². The molecule has 0 unspecified atom stereocenters. The largest absolute Gasteiger partial charge is 0.455 e. The highest BCUT2D eigenvalue weighted by molar-refractivity contribution is 7.89. The third-order valence-corrected chi connectivity index (χ3v) is 6.72. The van der Waals surface area contributed by atoms with E-state index in [0.29, 0.717) is 54.8 Å². The second-order valence-corrected chi connectivity index (χ2v) is 9.47. The minimum atomic E-state index is -3.95. The Hall–Kier alpha value is -3.46. The van der Waals surface area contributed by atoms with Crippen molar-refractivity contribution in [2.45, 2.75) is 37.5 Å². The quantitative estimate of drug-likeness (QED) is 0.515. The van der Waals surface area contributed by atoms with E-state index < -0.39 is 15.8 Å². The molecule has 33 heavy (non-hydrogen) atoms. The van der Waals surface area contributed by atoms with Crippen LogP contribution in [0.15, 0.2) is 69.0 Å². The monoisotopic (exact) mass is 469 g/mol. The number of sulfonamides is 1. The maximum Gasteiger partial charge on any atom is 0.287 e. The number of halogens is 1. The minimum absolute atomic E-state index is 0.0910. The zero-order chi connectivity index (χ0) is 23.4. The van der Waals surface area contributed by atoms with Gasteiger partial charge in [0.2, 0.25) is 0 Å². The van der Waals surface area contributed by atoms with Gasteiger partial charge in [-0.3, -0.25) is 4.79 Å². The van der Waals surface area contributed by atoms with Gasteiger partial charge in [0.15, 0.2) is 5.76 Å². The molecule has 0 saturated heterocycles. The molecule has 0 aliphatic heterocycles. The molecule has 7 nitrogen and oxygen atoms in total. The Kier molecular flexibility index (Phi) is 6.60. The molecule has 2 aromatic carbocycles. The van der Waals surface area contributed by atoms with E-state index in [9.17, 15) is 17.6 Å². The number of furan rings is 1. The molecule has 1 heterocycles. The highest BCUT2D eigenvalue weighted by Gasteiger charge is 2.28. The lowest BCUT2D eigenvalue weighted by atomic mass is 9.93. The van der Waals surface area contributed by atoms with Gasteiger partial charge < -0.3 is 9.73 Å². The van der Waals surface area contributed by atoms with Gasteiger partial charge in [-0.25, -0.2) is 4.39 Å². The topological polar surface area (TPSA) is 101 Å². The van der Waals surface area contributed by atoms with Gasteiger partial charge in [0, 0.05) is 24.1 Å². The Bertz CT molecular complexity index is 1280. The Morgan fingerprint density at radius 1 is 1.09 bits per heavy atom. The first-order valence-electron chi connectivity index (χ1n) is 10.6. The average Bonchev–Trinajstić information content (AvgIpc) is 3.16. The third kappa shape index (κ3) is 5.14. The number of fused-ring (bicyclic) bond motifs is 1. The van der Waals surface area contributed by atoms with Crippen molar-refractivity contribution in [1.29, 1.82) is 0 Å². The number of hydrazone groups is 1. The number of carbonyl (C=O) groups is 1. The smallest absolute Gasteiger partial charge is 0.287 e. The molecule has 4 rings (SSSR count). The number of hydrogen-bond donors (Lipinski definition) is 2. The van der Waals surface area contributed by atoms with Crippen molar-refractivity contribution in [1.82, 2.24) is 10.1 Å². The molecule has 2 N–H and O–H groups in total. The molecule has 0 spiro atoms. The second-order valence-electron chi connectivity index (χ2n) is 7.81. The summed E-state index contributed by atoms with van der Waals surface area (Å²) in [5.74, 6) is -0.0133. The zero-order valence-corrected chi connectivity index (χ0v) is 18.9. The molecule has 1 aliphatic rings. The second kappa shape index (κ2) is 9.58. The third-order valence-electron chi connectivity index (χ3n) is 5.50. The number of hydrogen-bond acceptors (Lipinski definition) is 5. The molecule has 0 fully saturated rings. The summed E-state index contributed by atoms with van der Waals surface area (Å²) >= 11 is 0. The van der Waals surface area contributed by atoms with E-state index in [1.165, 1.54) is 12.1 Å². The van der Waals surface area contributed by atoms with Crippen molar-refractivity contribution in [3.63, 3.8) is 0 Å². The van der Waals surface area contributed by atoms with Gasteiger partial charge in [-0.1, -0.05) is 30.3 Å². The van der Waals surface area contributed by atoms with E-state index >= 15 is 0 Å². The lowest BCUT2D eigenvalue weighted by molar-refractivity contribution is 0.0923. The van der Waals surface area contributed by atoms with Crippen molar-refractivity contribution in [3.05, 3.63) is 88.6 Å². The zero-order valence-electron chi connectivity index (χ0n) is 18.1. The fourth-order valence-corrected chi connectivity index (χ4v) is 4.65. The number of benzene rings is 2. The fraction of sp³-hybridized carbons (Fsp3) is 0.250. The van der Waals surface area contributed by atoms with Crippen LogP contribution in [0.25, 0.3) is 0 Å². The summed E-state index contributed by atoms with van der Waals surface area (Å²) in [5, 5.41) is 7.00. The average molecular weight is 470 g/mol. The van der Waals surface area contributed by atoms with Crippen molar-refractivity contribution in [3.8, 4) is 0 Å². The minimum Gasteiger partial charge on any atom is -0.455 e. The highest BCUT2D eigenvalue weighted by atomic mass is 32.2. The van der Waals surface area contributed by atoms with E-state index in [1.807, 2.05) is 30.3 Å². The van der Waals surface area contributed by atoms with E-state index in [4.69, 9.17) is 4.42 Å². The Morgan fingerprint density at radius 2 is 1.82 bits per heavy atom. The van der Waals surface area contributed by atoms with Crippen molar-refractivity contribution in [2.75, 3.05) is 6.54 Å². The molecule has 0 bridgehead atoms. The van der Waals surface area contributed by atoms with Gasteiger partial charge in [-0.2, -0.15) is 18.4 Å². The van der Waals surface area contributed by atoms with E-state index in [1.54, 1.807) is 6.92 Å². The molecule has 0 saturated carbocycles. The van der Waals surface area contributed by atoms with Gasteiger partial charge in [0.25, 0.3) is 15.9 Å². The van der Waals surface area contributed by atoms with Crippen LogP contribution >= 0.6 is 0 Å². The van der Waals surface area contributed by atoms with Gasteiger partial charge >= 0.3 is 0 Å². The molecular formula is C24H24FN3O4S. The highest BCUT2D eigenvalue weighted by Crippen LogP contribution is 2.30. The van der Waals surface area contributed by atoms with Crippen LogP contribution in [0.4, 0.5) is 4.39 Å². The molecule has 9 heteroatoms. The first-order chi connectivity index (χ1) is 15.8. The van der Waals surface area contributed by atoms with Crippen molar-refractivity contribution in [2.24, 2.45) is 5.10 Å². The Labute approximate surface area is 191 Å². The summed E-state index contributed by atoms with van der Waals surface area (Å²) in [6, 6.07) is 14.3. The molecule has 0 radical (unpaired) electrons. The molecule has 1 amide bonds. The van der Waals surface area contributed by atoms with Crippen LogP contribution in [0.5, 0.6) is 0 Å². The number of nitrogens with one attached hydrogen (secondary N) is 2. The van der Waals surface area contributed by atoms with Crippen LogP contribution in [0.2, 0.25) is 0 Å². The summed E-state index contributed by atoms with van der Waals surface area (Å²) in [7, 11) is -3.95. The summed E-state index contributed by atoms with van der Waals surface area (Å²) in [6.45, 7) is 2.23. The molecule has 0 atom stereocenters. The number of amides is 1. The molecular weight excluding hydrogens is 445 g/mol. The van der Waals surface area contributed by atoms with Crippen LogP contribution in [0.1, 0.15) is 45.8 Å². The molecule has 1 aromatic heterocycles. The van der Waals surface area contributed by atoms with Crippen molar-refractivity contribution >= 4 is 21.6 Å². The Morgan fingerprint density at radius 3 is 2.55 bits per heavy atom. The van der Waals surface area contributed by atoms with Crippen LogP contribution in [0, 0.1) is 12.7 Å². The summed E-state index contributed by atoms with van der Waals surface area (Å²) in [6.07, 6.45) is 2.58. The molecule has 1 aliphatic carbocycles. The lowest BCUT2D eigenvalue weighted by Gasteiger charge is -2.14. The molecule has 3 aromatic rings.